The fourth-order valence-corrected chi connectivity index (χ4v) is 9.38. The van der Waals surface area contributed by atoms with Gasteiger partial charge in [0.2, 0.25) is 0 Å². The molecule has 11 rings (SSSR count). The summed E-state index contributed by atoms with van der Waals surface area (Å²) >= 11 is 0. The van der Waals surface area contributed by atoms with Crippen LogP contribution in [0.15, 0.2) is 168 Å². The van der Waals surface area contributed by atoms with E-state index in [1.165, 1.54) is 71.0 Å². The second-order valence-electron chi connectivity index (χ2n) is 15.0. The Bertz CT molecular complexity index is 2900. The molecule has 0 atom stereocenters. The Hall–Kier alpha value is -6.65. The molecular formula is C51H37N3O. The highest BCUT2D eigenvalue weighted by molar-refractivity contribution is 6.09. The standard InChI is InChI=1S/C51H37N3O/c1-3-14-34(15-4-1)48-52-49(54-50(53-48)42-22-12-21-40-39-18-6-8-25-45(39)55-47(40)42)35-28-26-33(27-29-35)36-16-11-17-37(32-36)38-20-13-24-44-46(38)41-19-5-7-23-43(41)51(44)30-9-2-10-31-51/h1,3-8,11-29,32H,2,9-10,30-31H2. The Labute approximate surface area is 320 Å². The second-order valence-corrected chi connectivity index (χ2v) is 15.0. The maximum atomic E-state index is 6.41. The van der Waals surface area contributed by atoms with Gasteiger partial charge in [0.1, 0.15) is 11.2 Å². The Kier molecular flexibility index (Phi) is 7.38. The average molecular weight is 708 g/mol. The van der Waals surface area contributed by atoms with Gasteiger partial charge in [-0.25, -0.2) is 15.0 Å². The summed E-state index contributed by atoms with van der Waals surface area (Å²) in [6.45, 7) is 0. The average Bonchev–Trinajstić information content (AvgIpc) is 3.78. The molecule has 4 heteroatoms. The Morgan fingerprint density at radius 3 is 1.84 bits per heavy atom. The van der Waals surface area contributed by atoms with Gasteiger partial charge < -0.3 is 4.42 Å². The van der Waals surface area contributed by atoms with Crippen LogP contribution in [0.5, 0.6) is 0 Å². The highest BCUT2D eigenvalue weighted by Crippen LogP contribution is 2.57. The zero-order chi connectivity index (χ0) is 36.3. The maximum absolute atomic E-state index is 6.41. The summed E-state index contributed by atoms with van der Waals surface area (Å²) in [6, 6.07) is 58.2. The minimum atomic E-state index is 0.140. The van der Waals surface area contributed by atoms with E-state index in [9.17, 15) is 0 Å². The highest BCUT2D eigenvalue weighted by atomic mass is 16.3. The van der Waals surface area contributed by atoms with Crippen LogP contribution < -0.4 is 0 Å². The van der Waals surface area contributed by atoms with Gasteiger partial charge in [-0.15, -0.1) is 0 Å². The molecule has 2 aromatic heterocycles. The van der Waals surface area contributed by atoms with Crippen molar-refractivity contribution in [3.8, 4) is 67.5 Å². The highest BCUT2D eigenvalue weighted by Gasteiger charge is 2.44. The van der Waals surface area contributed by atoms with E-state index in [0.717, 1.165) is 44.2 Å². The van der Waals surface area contributed by atoms with E-state index in [0.29, 0.717) is 17.5 Å². The summed E-state index contributed by atoms with van der Waals surface area (Å²) in [4.78, 5) is 15.1. The number of benzene rings is 7. The first kappa shape index (κ1) is 31.8. The molecular weight excluding hydrogens is 671 g/mol. The Balaban J connectivity index is 0.985. The number of furan rings is 1. The predicted octanol–water partition coefficient (Wildman–Crippen LogP) is 13.3. The fraction of sp³-hybridized carbons (Fsp3) is 0.118. The monoisotopic (exact) mass is 707 g/mol. The molecule has 0 radical (unpaired) electrons. The molecule has 0 N–H and O–H groups in total. The van der Waals surface area contributed by atoms with Crippen LogP contribution in [0.1, 0.15) is 43.2 Å². The van der Waals surface area contributed by atoms with Crippen LogP contribution in [0.2, 0.25) is 0 Å². The molecule has 9 aromatic rings. The molecule has 0 amide bonds. The molecule has 0 saturated heterocycles. The van der Waals surface area contributed by atoms with Gasteiger partial charge in [-0.3, -0.25) is 0 Å². The third-order valence-corrected chi connectivity index (χ3v) is 12.0. The molecule has 0 unspecified atom stereocenters. The number of nitrogens with zero attached hydrogens (tertiary/aromatic N) is 3. The Morgan fingerprint density at radius 2 is 0.982 bits per heavy atom. The van der Waals surface area contributed by atoms with Crippen LogP contribution in [-0.2, 0) is 5.41 Å². The van der Waals surface area contributed by atoms with E-state index < -0.39 is 0 Å². The molecule has 4 nitrogen and oxygen atoms in total. The summed E-state index contributed by atoms with van der Waals surface area (Å²) in [5.41, 5.74) is 15.2. The zero-order valence-electron chi connectivity index (χ0n) is 30.4. The van der Waals surface area contributed by atoms with E-state index >= 15 is 0 Å². The minimum absolute atomic E-state index is 0.140. The number of fused-ring (bicyclic) bond motifs is 8. The fourth-order valence-electron chi connectivity index (χ4n) is 9.38. The van der Waals surface area contributed by atoms with Gasteiger partial charge in [-0.2, -0.15) is 0 Å². The van der Waals surface area contributed by atoms with E-state index in [1.54, 1.807) is 0 Å². The SMILES string of the molecule is c1ccc(-c2nc(-c3ccc(-c4cccc(-c5cccc6c5-c5ccccc5C65CCCCC5)c4)cc3)nc(-c3cccc4c3oc3ccccc34)n2)cc1. The molecule has 262 valence electrons. The molecule has 55 heavy (non-hydrogen) atoms. The lowest BCUT2D eigenvalue weighted by atomic mass is 9.68. The number of para-hydroxylation sites is 2. The van der Waals surface area contributed by atoms with E-state index in [-0.39, 0.29) is 5.41 Å². The largest absolute Gasteiger partial charge is 0.455 e. The van der Waals surface area contributed by atoms with Gasteiger partial charge in [-0.1, -0.05) is 165 Å². The first-order valence-corrected chi connectivity index (χ1v) is 19.4. The van der Waals surface area contributed by atoms with Crippen molar-refractivity contribution < 1.29 is 4.42 Å². The summed E-state index contributed by atoms with van der Waals surface area (Å²) < 4.78 is 6.41. The van der Waals surface area contributed by atoms with E-state index in [1.807, 2.05) is 60.7 Å². The van der Waals surface area contributed by atoms with Crippen molar-refractivity contribution in [2.24, 2.45) is 0 Å². The third kappa shape index (κ3) is 5.16. The van der Waals surface area contributed by atoms with Gasteiger partial charge in [0.05, 0.1) is 5.56 Å². The third-order valence-electron chi connectivity index (χ3n) is 12.0. The lowest BCUT2D eigenvalue weighted by Crippen LogP contribution is -2.27. The molecule has 7 aromatic carbocycles. The molecule has 1 spiro atoms. The van der Waals surface area contributed by atoms with Crippen molar-refractivity contribution >= 4 is 21.9 Å². The van der Waals surface area contributed by atoms with Crippen molar-refractivity contribution in [1.29, 1.82) is 0 Å². The van der Waals surface area contributed by atoms with Crippen LogP contribution >= 0.6 is 0 Å². The molecule has 0 aliphatic heterocycles. The minimum Gasteiger partial charge on any atom is -0.455 e. The molecule has 2 heterocycles. The van der Waals surface area contributed by atoms with Gasteiger partial charge in [0, 0.05) is 27.3 Å². The summed E-state index contributed by atoms with van der Waals surface area (Å²) in [5, 5.41) is 2.12. The smallest absolute Gasteiger partial charge is 0.167 e. The zero-order valence-corrected chi connectivity index (χ0v) is 30.4. The first-order chi connectivity index (χ1) is 27.2. The number of hydrogen-bond donors (Lipinski definition) is 0. The first-order valence-electron chi connectivity index (χ1n) is 19.4. The second kappa shape index (κ2) is 12.7. The summed E-state index contributed by atoms with van der Waals surface area (Å²) in [5.74, 6) is 1.82. The predicted molar refractivity (Wildman–Crippen MR) is 224 cm³/mol. The van der Waals surface area contributed by atoms with Gasteiger partial charge in [0.25, 0.3) is 0 Å². The van der Waals surface area contributed by atoms with Crippen molar-refractivity contribution in [2.45, 2.75) is 37.5 Å². The lowest BCUT2D eigenvalue weighted by molar-refractivity contribution is 0.353. The van der Waals surface area contributed by atoms with Crippen LogP contribution in [0.4, 0.5) is 0 Å². The summed E-state index contributed by atoms with van der Waals surface area (Å²) in [7, 11) is 0. The Morgan fingerprint density at radius 1 is 0.400 bits per heavy atom. The molecule has 1 saturated carbocycles. The van der Waals surface area contributed by atoms with Crippen molar-refractivity contribution in [1.82, 2.24) is 15.0 Å². The normalized spacial score (nSPS) is 14.3. The van der Waals surface area contributed by atoms with Gasteiger partial charge >= 0.3 is 0 Å². The molecule has 2 aliphatic carbocycles. The number of rotatable bonds is 5. The van der Waals surface area contributed by atoms with Crippen LogP contribution in [0, 0.1) is 0 Å². The quantitative estimate of drug-likeness (QED) is 0.179. The van der Waals surface area contributed by atoms with Crippen LogP contribution in [0.25, 0.3) is 89.5 Å². The van der Waals surface area contributed by atoms with Gasteiger partial charge in [0.15, 0.2) is 17.5 Å². The van der Waals surface area contributed by atoms with Crippen molar-refractivity contribution in [3.63, 3.8) is 0 Å². The summed E-state index contributed by atoms with van der Waals surface area (Å²) in [6.07, 6.45) is 6.39. The number of aromatic nitrogens is 3. The van der Waals surface area contributed by atoms with Crippen LogP contribution in [-0.4, -0.2) is 15.0 Å². The van der Waals surface area contributed by atoms with Gasteiger partial charge in [-0.05, 0) is 75.5 Å². The maximum Gasteiger partial charge on any atom is 0.167 e. The topological polar surface area (TPSA) is 51.8 Å². The van der Waals surface area contributed by atoms with E-state index in [4.69, 9.17) is 19.4 Å². The van der Waals surface area contributed by atoms with E-state index in [2.05, 4.69) is 103 Å². The molecule has 1 fully saturated rings. The molecule has 2 aliphatic rings. The molecule has 0 bridgehead atoms. The van der Waals surface area contributed by atoms with Crippen LogP contribution in [0.3, 0.4) is 0 Å². The number of hydrogen-bond acceptors (Lipinski definition) is 4. The van der Waals surface area contributed by atoms with Crippen molar-refractivity contribution in [3.05, 3.63) is 175 Å². The lowest BCUT2D eigenvalue weighted by Gasteiger charge is -2.36. The van der Waals surface area contributed by atoms with Crippen molar-refractivity contribution in [2.75, 3.05) is 0 Å².